The first-order chi connectivity index (χ1) is 8.58. The number of nitro groups is 1. The summed E-state index contributed by atoms with van der Waals surface area (Å²) in [6, 6.07) is 8.21. The minimum Gasteiger partial charge on any atom is -0.295 e. The van der Waals surface area contributed by atoms with E-state index in [1.807, 2.05) is 17.5 Å². The molecule has 0 aliphatic heterocycles. The van der Waals surface area contributed by atoms with Gasteiger partial charge in [-0.1, -0.05) is 17.8 Å². The molecule has 0 saturated carbocycles. The number of hydrogen-bond donors (Lipinski definition) is 0. The maximum Gasteiger partial charge on any atom is 0.283 e. The van der Waals surface area contributed by atoms with E-state index in [9.17, 15) is 14.9 Å². The molecule has 2 rings (SSSR count). The third kappa shape index (κ3) is 2.77. The molecule has 0 radical (unpaired) electrons. The predicted molar refractivity (Wildman–Crippen MR) is 71.5 cm³/mol. The molecule has 0 amide bonds. The zero-order chi connectivity index (χ0) is 13.1. The first-order valence-electron chi connectivity index (χ1n) is 5.08. The number of thiophene rings is 1. The van der Waals surface area contributed by atoms with E-state index in [0.717, 1.165) is 4.21 Å². The van der Waals surface area contributed by atoms with Gasteiger partial charge in [-0.05, 0) is 30.5 Å². The van der Waals surface area contributed by atoms with Crippen LogP contribution >= 0.6 is 23.1 Å². The summed E-state index contributed by atoms with van der Waals surface area (Å²) < 4.78 is 0.957. The molecule has 0 atom stereocenters. The van der Waals surface area contributed by atoms with E-state index >= 15 is 0 Å². The molecule has 2 aromatic rings. The summed E-state index contributed by atoms with van der Waals surface area (Å²) in [6.45, 7) is 1.45. The number of carbonyl (C=O) groups excluding carboxylic acids is 1. The van der Waals surface area contributed by atoms with Crippen LogP contribution in [0.25, 0.3) is 0 Å². The minimum atomic E-state index is -0.431. The molecule has 92 valence electrons. The molecule has 0 aliphatic carbocycles. The van der Waals surface area contributed by atoms with Crippen molar-refractivity contribution in [3.05, 3.63) is 51.4 Å². The molecule has 0 unspecified atom stereocenters. The summed E-state index contributed by atoms with van der Waals surface area (Å²) in [7, 11) is 0. The van der Waals surface area contributed by atoms with Crippen LogP contribution in [0.5, 0.6) is 0 Å². The Morgan fingerprint density at radius 2 is 2.17 bits per heavy atom. The molecule has 18 heavy (non-hydrogen) atoms. The van der Waals surface area contributed by atoms with Crippen LogP contribution in [0.2, 0.25) is 0 Å². The lowest BCUT2D eigenvalue weighted by atomic mass is 10.1. The van der Waals surface area contributed by atoms with Crippen LogP contribution in [-0.2, 0) is 0 Å². The minimum absolute atomic E-state index is 0.0263. The van der Waals surface area contributed by atoms with Gasteiger partial charge in [0.15, 0.2) is 5.78 Å². The van der Waals surface area contributed by atoms with E-state index in [2.05, 4.69) is 0 Å². The van der Waals surface area contributed by atoms with Gasteiger partial charge in [-0.15, -0.1) is 11.3 Å². The second kappa shape index (κ2) is 5.32. The SMILES string of the molecule is CC(=O)c1ccc([N+](=O)[O-])c(Sc2cccs2)c1. The molecule has 0 fully saturated rings. The Hall–Kier alpha value is -1.66. The van der Waals surface area contributed by atoms with Crippen molar-refractivity contribution < 1.29 is 9.72 Å². The van der Waals surface area contributed by atoms with Gasteiger partial charge in [0.05, 0.1) is 14.0 Å². The second-order valence-electron chi connectivity index (χ2n) is 3.53. The first kappa shape index (κ1) is 12.8. The molecule has 0 N–H and O–H groups in total. The maximum atomic E-state index is 11.3. The zero-order valence-corrected chi connectivity index (χ0v) is 11.1. The summed E-state index contributed by atoms with van der Waals surface area (Å²) in [5, 5.41) is 12.8. The van der Waals surface area contributed by atoms with Crippen molar-refractivity contribution >= 4 is 34.6 Å². The summed E-state index contributed by atoms with van der Waals surface area (Å²) in [6.07, 6.45) is 0. The summed E-state index contributed by atoms with van der Waals surface area (Å²) in [4.78, 5) is 22.3. The topological polar surface area (TPSA) is 60.2 Å². The quantitative estimate of drug-likeness (QED) is 0.482. The third-order valence-electron chi connectivity index (χ3n) is 2.27. The average Bonchev–Trinajstić information content (AvgIpc) is 2.81. The Morgan fingerprint density at radius 3 is 2.72 bits per heavy atom. The normalized spacial score (nSPS) is 10.3. The summed E-state index contributed by atoms with van der Waals surface area (Å²) in [5.41, 5.74) is 0.512. The maximum absolute atomic E-state index is 11.3. The van der Waals surface area contributed by atoms with Gasteiger partial charge < -0.3 is 0 Å². The first-order valence-corrected chi connectivity index (χ1v) is 6.78. The lowest BCUT2D eigenvalue weighted by Crippen LogP contribution is -1.96. The molecule has 1 aromatic carbocycles. The van der Waals surface area contributed by atoms with Crippen molar-refractivity contribution in [2.24, 2.45) is 0 Å². The lowest BCUT2D eigenvalue weighted by Gasteiger charge is -2.03. The fourth-order valence-corrected chi connectivity index (χ4v) is 3.27. The highest BCUT2D eigenvalue weighted by Gasteiger charge is 2.16. The van der Waals surface area contributed by atoms with Gasteiger partial charge in [0, 0.05) is 11.6 Å². The van der Waals surface area contributed by atoms with E-state index < -0.39 is 4.92 Å². The molecule has 0 saturated heterocycles. The van der Waals surface area contributed by atoms with Gasteiger partial charge in [-0.3, -0.25) is 14.9 Å². The fraction of sp³-hybridized carbons (Fsp3) is 0.0833. The Labute approximate surface area is 112 Å². The number of ketones is 1. The van der Waals surface area contributed by atoms with Gasteiger partial charge in [0.2, 0.25) is 0 Å². The van der Waals surface area contributed by atoms with Crippen LogP contribution in [0.4, 0.5) is 5.69 Å². The number of rotatable bonds is 4. The number of Topliss-reactive ketones (excluding diaryl/α,β-unsaturated/α-hetero) is 1. The smallest absolute Gasteiger partial charge is 0.283 e. The molecule has 1 heterocycles. The molecule has 1 aromatic heterocycles. The zero-order valence-electron chi connectivity index (χ0n) is 9.45. The van der Waals surface area contributed by atoms with Gasteiger partial charge in [0.25, 0.3) is 5.69 Å². The molecule has 0 spiro atoms. The number of benzene rings is 1. The van der Waals surface area contributed by atoms with Crippen molar-refractivity contribution in [2.45, 2.75) is 16.0 Å². The van der Waals surface area contributed by atoms with Gasteiger partial charge in [-0.25, -0.2) is 0 Å². The van der Waals surface area contributed by atoms with Crippen molar-refractivity contribution in [3.63, 3.8) is 0 Å². The van der Waals surface area contributed by atoms with Crippen LogP contribution < -0.4 is 0 Å². The summed E-state index contributed by atoms with van der Waals surface area (Å²) >= 11 is 2.81. The van der Waals surface area contributed by atoms with Crippen molar-refractivity contribution in [1.82, 2.24) is 0 Å². The van der Waals surface area contributed by atoms with Crippen LogP contribution in [0, 0.1) is 10.1 Å². The van der Waals surface area contributed by atoms with Gasteiger partial charge >= 0.3 is 0 Å². The molecular formula is C12H9NO3S2. The Morgan fingerprint density at radius 1 is 1.39 bits per heavy atom. The Balaban J connectivity index is 2.43. The largest absolute Gasteiger partial charge is 0.295 e. The van der Waals surface area contributed by atoms with Gasteiger partial charge in [-0.2, -0.15) is 0 Å². The van der Waals surface area contributed by atoms with Crippen molar-refractivity contribution in [1.29, 1.82) is 0 Å². The molecular weight excluding hydrogens is 270 g/mol. The highest BCUT2D eigenvalue weighted by molar-refractivity contribution is 8.01. The van der Waals surface area contributed by atoms with E-state index in [0.29, 0.717) is 10.5 Å². The highest BCUT2D eigenvalue weighted by Crippen LogP contribution is 2.37. The fourth-order valence-electron chi connectivity index (χ4n) is 1.40. The average molecular weight is 279 g/mol. The van der Waals surface area contributed by atoms with Gasteiger partial charge in [0.1, 0.15) is 0 Å². The van der Waals surface area contributed by atoms with E-state index in [1.54, 1.807) is 6.07 Å². The number of carbonyl (C=O) groups is 1. The van der Waals surface area contributed by atoms with Crippen LogP contribution in [-0.4, -0.2) is 10.7 Å². The third-order valence-corrected chi connectivity index (χ3v) is 4.35. The lowest BCUT2D eigenvalue weighted by molar-refractivity contribution is -0.387. The van der Waals surface area contributed by atoms with Crippen LogP contribution in [0.1, 0.15) is 17.3 Å². The van der Waals surface area contributed by atoms with E-state index in [4.69, 9.17) is 0 Å². The van der Waals surface area contributed by atoms with E-state index in [1.165, 1.54) is 42.2 Å². The monoisotopic (exact) mass is 279 g/mol. The summed E-state index contributed by atoms with van der Waals surface area (Å²) in [5.74, 6) is -0.0991. The number of nitrogens with zero attached hydrogens (tertiary/aromatic N) is 1. The standard InChI is InChI=1S/C12H9NO3S2/c1-8(14)9-4-5-10(13(15)16)11(7-9)18-12-3-2-6-17-12/h2-7H,1H3. The molecule has 0 aliphatic rings. The van der Waals surface area contributed by atoms with Crippen molar-refractivity contribution in [2.75, 3.05) is 0 Å². The second-order valence-corrected chi connectivity index (χ2v) is 5.82. The molecule has 6 heteroatoms. The predicted octanol–water partition coefficient (Wildman–Crippen LogP) is 4.01. The van der Waals surface area contributed by atoms with Crippen LogP contribution in [0.3, 0.4) is 0 Å². The van der Waals surface area contributed by atoms with E-state index in [-0.39, 0.29) is 11.5 Å². The van der Waals surface area contributed by atoms with Crippen LogP contribution in [0.15, 0.2) is 44.8 Å². The Bertz CT molecular complexity index is 593. The van der Waals surface area contributed by atoms with Crippen molar-refractivity contribution in [3.8, 4) is 0 Å². The highest BCUT2D eigenvalue weighted by atomic mass is 32.2. The molecule has 4 nitrogen and oxygen atoms in total. The number of hydrogen-bond acceptors (Lipinski definition) is 5. The molecule has 0 bridgehead atoms. The number of nitro benzene ring substituents is 1. The Kier molecular flexibility index (Phi) is 3.78.